The summed E-state index contributed by atoms with van der Waals surface area (Å²) in [5.74, 6) is 0.167. The number of alkyl halides is 2. The average molecular weight is 455 g/mol. The number of hydrogen-bond acceptors (Lipinski definition) is 3. The predicted molar refractivity (Wildman–Crippen MR) is 120 cm³/mol. The molecule has 1 N–H and O–H groups in total. The largest absolute Gasteiger partial charge is 0.350 e. The molecule has 5 unspecified atom stereocenters. The molecule has 176 valence electrons. The molecule has 1 amide bonds. The second-order valence-corrected chi connectivity index (χ2v) is 11.9. The van der Waals surface area contributed by atoms with Crippen molar-refractivity contribution in [3.05, 3.63) is 35.8 Å². The second-order valence-electron chi connectivity index (χ2n) is 11.9. The number of amides is 1. The van der Waals surface area contributed by atoms with Gasteiger partial charge in [0.05, 0.1) is 5.69 Å². The number of fused-ring (bicyclic) bond motifs is 3. The Morgan fingerprint density at radius 1 is 1.12 bits per heavy atom. The SMILES string of the molecule is O=C(NCC12CC3CC4CC(C1)C4(C3)C2)c1cccc2nc(CN3CCC(F)(F)CC3)cn12. The number of carbonyl (C=O) groups excluding carboxylic acids is 1. The highest BCUT2D eigenvalue weighted by Gasteiger charge is 2.70. The zero-order valence-electron chi connectivity index (χ0n) is 19.0. The summed E-state index contributed by atoms with van der Waals surface area (Å²) in [7, 11) is 0. The summed E-state index contributed by atoms with van der Waals surface area (Å²) in [4.78, 5) is 20.0. The Hall–Kier alpha value is -2.02. The first-order valence-electron chi connectivity index (χ1n) is 12.7. The topological polar surface area (TPSA) is 49.6 Å². The molecule has 0 radical (unpaired) electrons. The van der Waals surface area contributed by atoms with Crippen molar-refractivity contribution in [3.63, 3.8) is 0 Å². The van der Waals surface area contributed by atoms with Gasteiger partial charge in [-0.05, 0) is 79.2 Å². The minimum Gasteiger partial charge on any atom is -0.350 e. The molecule has 4 aliphatic carbocycles. The van der Waals surface area contributed by atoms with Crippen LogP contribution >= 0.6 is 0 Å². The molecule has 0 aromatic carbocycles. The summed E-state index contributed by atoms with van der Waals surface area (Å²) in [6, 6.07) is 5.63. The van der Waals surface area contributed by atoms with Crippen LogP contribution < -0.4 is 5.32 Å². The van der Waals surface area contributed by atoms with Crippen molar-refractivity contribution in [2.24, 2.45) is 28.6 Å². The molecule has 2 aromatic rings. The lowest BCUT2D eigenvalue weighted by molar-refractivity contribution is -0.0568. The van der Waals surface area contributed by atoms with Crippen LogP contribution in [0.2, 0.25) is 0 Å². The molecule has 7 heteroatoms. The van der Waals surface area contributed by atoms with Crippen molar-refractivity contribution in [3.8, 4) is 0 Å². The van der Waals surface area contributed by atoms with Gasteiger partial charge >= 0.3 is 0 Å². The van der Waals surface area contributed by atoms with Crippen LogP contribution in [-0.2, 0) is 6.54 Å². The Morgan fingerprint density at radius 3 is 2.82 bits per heavy atom. The maximum atomic E-state index is 13.5. The van der Waals surface area contributed by atoms with Gasteiger partial charge in [0, 0.05) is 45.2 Å². The van der Waals surface area contributed by atoms with Crippen LogP contribution in [0.15, 0.2) is 24.4 Å². The van der Waals surface area contributed by atoms with Crippen molar-refractivity contribution < 1.29 is 13.6 Å². The molecule has 5 atom stereocenters. The van der Waals surface area contributed by atoms with Gasteiger partial charge in [-0.1, -0.05) is 6.07 Å². The van der Waals surface area contributed by atoms with Gasteiger partial charge in [0.25, 0.3) is 11.8 Å². The normalized spacial score (nSPS) is 38.4. The van der Waals surface area contributed by atoms with E-state index in [1.165, 1.54) is 38.5 Å². The van der Waals surface area contributed by atoms with Crippen LogP contribution in [0.25, 0.3) is 5.65 Å². The molecular weight excluding hydrogens is 422 g/mol. The number of likely N-dealkylation sites (tertiary alicyclic amines) is 1. The number of nitrogens with zero attached hydrogens (tertiary/aromatic N) is 3. The van der Waals surface area contributed by atoms with E-state index < -0.39 is 5.92 Å². The number of nitrogens with one attached hydrogen (secondary N) is 1. The van der Waals surface area contributed by atoms with Crippen LogP contribution in [0.4, 0.5) is 8.78 Å². The third kappa shape index (κ3) is 3.10. The van der Waals surface area contributed by atoms with Crippen molar-refractivity contribution in [1.82, 2.24) is 19.6 Å². The van der Waals surface area contributed by atoms with Crippen LogP contribution in [0.5, 0.6) is 0 Å². The molecule has 3 heterocycles. The number of aromatic nitrogens is 2. The lowest BCUT2D eigenvalue weighted by atomic mass is 9.55. The van der Waals surface area contributed by atoms with Crippen molar-refractivity contribution in [1.29, 1.82) is 0 Å². The van der Waals surface area contributed by atoms with E-state index in [4.69, 9.17) is 0 Å². The standard InChI is InChI=1S/C26H32F2N4O/c27-26(28)4-6-31(7-5-26)13-20-14-32-21(2-1-3-22(32)30-20)23(33)29-16-24-10-17-8-18-9-19(12-24)25(18,11-17)15-24/h1-3,14,17-19H,4-13,15-16H2,(H,29,33). The van der Waals surface area contributed by atoms with Gasteiger partial charge in [0.2, 0.25) is 0 Å². The van der Waals surface area contributed by atoms with E-state index in [1.807, 2.05) is 33.7 Å². The van der Waals surface area contributed by atoms with E-state index in [0.717, 1.165) is 35.6 Å². The molecule has 5 aliphatic rings. The zero-order chi connectivity index (χ0) is 22.4. The van der Waals surface area contributed by atoms with Crippen LogP contribution in [0, 0.1) is 28.6 Å². The molecule has 2 aromatic heterocycles. The van der Waals surface area contributed by atoms with Crippen LogP contribution in [-0.4, -0.2) is 45.7 Å². The molecule has 1 saturated heterocycles. The van der Waals surface area contributed by atoms with E-state index in [9.17, 15) is 13.6 Å². The summed E-state index contributed by atoms with van der Waals surface area (Å²) in [6.07, 6.45) is 9.92. The van der Waals surface area contributed by atoms with Crippen LogP contribution in [0.3, 0.4) is 0 Å². The van der Waals surface area contributed by atoms with E-state index in [1.54, 1.807) is 0 Å². The minimum atomic E-state index is -2.54. The average Bonchev–Trinajstić information content (AvgIpc) is 3.33. The van der Waals surface area contributed by atoms with Crippen LogP contribution in [0.1, 0.15) is 67.5 Å². The third-order valence-corrected chi connectivity index (χ3v) is 9.96. The predicted octanol–water partition coefficient (Wildman–Crippen LogP) is 4.51. The number of pyridine rings is 1. The molecule has 5 fully saturated rings. The number of halogens is 2. The fourth-order valence-electron chi connectivity index (χ4n) is 8.69. The molecule has 1 aliphatic heterocycles. The molecule has 5 nitrogen and oxygen atoms in total. The molecular formula is C26H32F2N4O. The lowest BCUT2D eigenvalue weighted by Crippen LogP contribution is -2.43. The Balaban J connectivity index is 1.06. The van der Waals surface area contributed by atoms with Gasteiger partial charge in [0.15, 0.2) is 0 Å². The first kappa shape index (κ1) is 20.4. The van der Waals surface area contributed by atoms with Gasteiger partial charge < -0.3 is 5.32 Å². The summed E-state index contributed by atoms with van der Waals surface area (Å²) < 4.78 is 28.8. The fraction of sp³-hybridized carbons (Fsp3) is 0.692. The Kier molecular flexibility index (Phi) is 4.18. The van der Waals surface area contributed by atoms with E-state index in [2.05, 4.69) is 10.3 Å². The van der Waals surface area contributed by atoms with E-state index >= 15 is 0 Å². The first-order chi connectivity index (χ1) is 15.8. The highest BCUT2D eigenvalue weighted by Crippen LogP contribution is 2.78. The summed E-state index contributed by atoms with van der Waals surface area (Å²) >= 11 is 0. The molecule has 1 spiro atoms. The molecule has 3 bridgehead atoms. The number of rotatable bonds is 5. The van der Waals surface area contributed by atoms with E-state index in [-0.39, 0.29) is 18.7 Å². The number of hydrogen-bond donors (Lipinski definition) is 1. The third-order valence-electron chi connectivity index (χ3n) is 9.96. The van der Waals surface area contributed by atoms with Gasteiger partial charge in [-0.2, -0.15) is 0 Å². The molecule has 33 heavy (non-hydrogen) atoms. The highest BCUT2D eigenvalue weighted by molar-refractivity contribution is 5.93. The second kappa shape index (κ2) is 6.77. The molecule has 4 saturated carbocycles. The van der Waals surface area contributed by atoms with Gasteiger partial charge in [-0.3, -0.25) is 14.1 Å². The Bertz CT molecular complexity index is 1120. The number of carbonyl (C=O) groups is 1. The van der Waals surface area contributed by atoms with Crippen molar-refractivity contribution >= 4 is 11.6 Å². The maximum Gasteiger partial charge on any atom is 0.268 e. The van der Waals surface area contributed by atoms with Gasteiger partial charge in [0.1, 0.15) is 11.3 Å². The van der Waals surface area contributed by atoms with Crippen molar-refractivity contribution in [2.45, 2.75) is 63.8 Å². The summed E-state index contributed by atoms with van der Waals surface area (Å²) in [6.45, 7) is 2.07. The fourth-order valence-corrected chi connectivity index (χ4v) is 8.69. The summed E-state index contributed by atoms with van der Waals surface area (Å²) in [5.41, 5.74) is 3.09. The van der Waals surface area contributed by atoms with Gasteiger partial charge in [-0.25, -0.2) is 13.8 Å². The first-order valence-corrected chi connectivity index (χ1v) is 12.7. The zero-order valence-corrected chi connectivity index (χ0v) is 19.0. The molecule has 7 rings (SSSR count). The smallest absolute Gasteiger partial charge is 0.268 e. The summed E-state index contributed by atoms with van der Waals surface area (Å²) in [5, 5.41) is 3.30. The maximum absolute atomic E-state index is 13.5. The number of piperidine rings is 1. The quantitative estimate of drug-likeness (QED) is 0.723. The monoisotopic (exact) mass is 454 g/mol. The minimum absolute atomic E-state index is 0.0391. The Morgan fingerprint density at radius 2 is 1.97 bits per heavy atom. The van der Waals surface area contributed by atoms with Crippen molar-refractivity contribution in [2.75, 3.05) is 19.6 Å². The van der Waals surface area contributed by atoms with E-state index in [0.29, 0.717) is 36.2 Å². The lowest BCUT2D eigenvalue weighted by Gasteiger charge is -2.49. The Labute approximate surface area is 192 Å². The van der Waals surface area contributed by atoms with Gasteiger partial charge in [-0.15, -0.1) is 0 Å². The highest BCUT2D eigenvalue weighted by atomic mass is 19.3. The number of imidazole rings is 1.